The van der Waals surface area contributed by atoms with Crippen molar-refractivity contribution in [3.05, 3.63) is 46.2 Å². The summed E-state index contributed by atoms with van der Waals surface area (Å²) in [6.45, 7) is 1.76. The van der Waals surface area contributed by atoms with E-state index in [0.717, 1.165) is 5.56 Å². The average molecular weight is 217 g/mol. The molecule has 0 spiro atoms. The van der Waals surface area contributed by atoms with Gasteiger partial charge in [0.05, 0.1) is 5.52 Å². The first-order chi connectivity index (χ1) is 7.58. The highest BCUT2D eigenvalue weighted by molar-refractivity contribution is 5.81. The van der Waals surface area contributed by atoms with Crippen molar-refractivity contribution in [1.29, 1.82) is 0 Å². The normalized spacial score (nSPS) is 10.6. The lowest BCUT2D eigenvalue weighted by molar-refractivity contribution is -0.137. The number of rotatable bonds is 2. The zero-order chi connectivity index (χ0) is 11.7. The van der Waals surface area contributed by atoms with Gasteiger partial charge in [-0.05, 0) is 19.1 Å². The zero-order valence-electron chi connectivity index (χ0n) is 8.80. The van der Waals surface area contributed by atoms with E-state index in [-0.39, 0.29) is 12.0 Å². The van der Waals surface area contributed by atoms with E-state index in [1.807, 2.05) is 13.0 Å². The number of carboxylic acid groups (broad SMARTS) is 1. The average Bonchev–Trinajstić information content (AvgIpc) is 2.22. The quantitative estimate of drug-likeness (QED) is 0.827. The number of nitrogens with zero attached hydrogens (tertiary/aromatic N) is 1. The molecule has 0 unspecified atom stereocenters. The number of pyridine rings is 1. The number of carboxylic acids is 1. The topological polar surface area (TPSA) is 59.3 Å². The molecule has 0 aliphatic rings. The number of aliphatic carboxylic acids is 1. The third kappa shape index (κ3) is 1.82. The molecule has 4 nitrogen and oxygen atoms in total. The first-order valence-electron chi connectivity index (χ1n) is 4.89. The highest BCUT2D eigenvalue weighted by atomic mass is 16.4. The molecule has 0 saturated heterocycles. The van der Waals surface area contributed by atoms with Crippen LogP contribution in [0.4, 0.5) is 0 Å². The summed E-state index contributed by atoms with van der Waals surface area (Å²) in [4.78, 5) is 22.3. The molecule has 2 rings (SSSR count). The zero-order valence-corrected chi connectivity index (χ0v) is 8.80. The van der Waals surface area contributed by atoms with E-state index < -0.39 is 5.97 Å². The van der Waals surface area contributed by atoms with E-state index in [9.17, 15) is 9.59 Å². The molecule has 0 saturated carbocycles. The number of aromatic nitrogens is 1. The summed E-state index contributed by atoms with van der Waals surface area (Å²) in [5.41, 5.74) is 1.55. The van der Waals surface area contributed by atoms with Gasteiger partial charge in [0.15, 0.2) is 5.43 Å². The predicted molar refractivity (Wildman–Crippen MR) is 60.6 cm³/mol. The van der Waals surface area contributed by atoms with Crippen molar-refractivity contribution in [2.75, 3.05) is 0 Å². The molecular formula is C12H11NO3. The Labute approximate surface area is 91.8 Å². The second-order valence-electron chi connectivity index (χ2n) is 3.72. The summed E-state index contributed by atoms with van der Waals surface area (Å²) in [6.07, 6.45) is 1.51. The van der Waals surface area contributed by atoms with Crippen molar-refractivity contribution in [2.24, 2.45) is 0 Å². The van der Waals surface area contributed by atoms with E-state index in [2.05, 4.69) is 0 Å². The van der Waals surface area contributed by atoms with Crippen LogP contribution >= 0.6 is 0 Å². The minimum absolute atomic E-state index is 0.0830. The van der Waals surface area contributed by atoms with Crippen LogP contribution in [0.2, 0.25) is 0 Å². The van der Waals surface area contributed by atoms with Gasteiger partial charge in [-0.3, -0.25) is 9.59 Å². The monoisotopic (exact) mass is 217 g/mol. The maximum Gasteiger partial charge on any atom is 0.323 e. The largest absolute Gasteiger partial charge is 0.480 e. The predicted octanol–water partition coefficient (Wildman–Crippen LogP) is 1.39. The van der Waals surface area contributed by atoms with Crippen LogP contribution in [0.25, 0.3) is 10.9 Å². The third-order valence-corrected chi connectivity index (χ3v) is 2.44. The van der Waals surface area contributed by atoms with Gasteiger partial charge in [0.2, 0.25) is 0 Å². The molecule has 1 N–H and O–H groups in total. The molecule has 0 aliphatic heterocycles. The molecule has 82 valence electrons. The summed E-state index contributed by atoms with van der Waals surface area (Å²) in [5, 5.41) is 9.31. The van der Waals surface area contributed by atoms with E-state index in [1.165, 1.54) is 12.3 Å². The summed E-state index contributed by atoms with van der Waals surface area (Å²) in [7, 11) is 0. The van der Waals surface area contributed by atoms with Gasteiger partial charge in [-0.15, -0.1) is 0 Å². The van der Waals surface area contributed by atoms with Crippen LogP contribution in [0.3, 0.4) is 0 Å². The van der Waals surface area contributed by atoms with Gasteiger partial charge in [-0.2, -0.15) is 0 Å². The maximum atomic E-state index is 11.6. The lowest BCUT2D eigenvalue weighted by Crippen LogP contribution is -2.13. The number of hydrogen-bond acceptors (Lipinski definition) is 2. The number of benzene rings is 1. The SMILES string of the molecule is Cc1ccc2c(c1)c(=O)ccn2CC(=O)O. The Morgan fingerprint density at radius 3 is 2.81 bits per heavy atom. The minimum atomic E-state index is -0.925. The summed E-state index contributed by atoms with van der Waals surface area (Å²) in [5.74, 6) is -0.925. The maximum absolute atomic E-state index is 11.6. The van der Waals surface area contributed by atoms with E-state index >= 15 is 0 Å². The van der Waals surface area contributed by atoms with Gasteiger partial charge in [-0.1, -0.05) is 11.6 Å². The highest BCUT2D eigenvalue weighted by Gasteiger charge is 2.05. The van der Waals surface area contributed by atoms with Crippen molar-refractivity contribution in [2.45, 2.75) is 13.5 Å². The van der Waals surface area contributed by atoms with Gasteiger partial charge in [0.25, 0.3) is 0 Å². The first kappa shape index (κ1) is 10.4. The molecule has 0 fully saturated rings. The fourth-order valence-electron chi connectivity index (χ4n) is 1.71. The Balaban J connectivity index is 2.74. The van der Waals surface area contributed by atoms with E-state index in [1.54, 1.807) is 16.7 Å². The second kappa shape index (κ2) is 3.81. The first-order valence-corrected chi connectivity index (χ1v) is 4.89. The molecule has 4 heteroatoms. The van der Waals surface area contributed by atoms with Crippen LogP contribution in [0, 0.1) is 6.92 Å². The molecule has 2 aromatic rings. The summed E-state index contributed by atoms with van der Waals surface area (Å²) >= 11 is 0. The molecule has 0 radical (unpaired) electrons. The second-order valence-corrected chi connectivity index (χ2v) is 3.72. The van der Waals surface area contributed by atoms with Crippen LogP contribution in [0.5, 0.6) is 0 Å². The van der Waals surface area contributed by atoms with Gasteiger partial charge < -0.3 is 9.67 Å². The van der Waals surface area contributed by atoms with E-state index in [0.29, 0.717) is 10.9 Å². The Kier molecular flexibility index (Phi) is 2.48. The van der Waals surface area contributed by atoms with Crippen LogP contribution in [-0.2, 0) is 11.3 Å². The lowest BCUT2D eigenvalue weighted by Gasteiger charge is -2.08. The molecule has 0 amide bonds. The Morgan fingerprint density at radius 2 is 2.12 bits per heavy atom. The van der Waals surface area contributed by atoms with Crippen molar-refractivity contribution in [3.8, 4) is 0 Å². The number of fused-ring (bicyclic) bond motifs is 1. The summed E-state index contributed by atoms with van der Waals surface area (Å²) in [6, 6.07) is 6.80. The molecule has 1 aromatic heterocycles. The van der Waals surface area contributed by atoms with Gasteiger partial charge in [0, 0.05) is 17.6 Å². The number of hydrogen-bond donors (Lipinski definition) is 1. The van der Waals surface area contributed by atoms with Crippen LogP contribution in [0.15, 0.2) is 35.3 Å². The van der Waals surface area contributed by atoms with Crippen LogP contribution in [-0.4, -0.2) is 15.6 Å². The number of carbonyl (C=O) groups is 1. The summed E-state index contributed by atoms with van der Waals surface area (Å²) < 4.78 is 1.55. The lowest BCUT2D eigenvalue weighted by atomic mass is 10.1. The van der Waals surface area contributed by atoms with E-state index in [4.69, 9.17) is 5.11 Å². The van der Waals surface area contributed by atoms with Crippen molar-refractivity contribution in [1.82, 2.24) is 4.57 Å². The smallest absolute Gasteiger partial charge is 0.323 e. The third-order valence-electron chi connectivity index (χ3n) is 2.44. The molecule has 16 heavy (non-hydrogen) atoms. The molecule has 0 atom stereocenters. The van der Waals surface area contributed by atoms with Gasteiger partial charge in [0.1, 0.15) is 6.54 Å². The fraction of sp³-hybridized carbons (Fsp3) is 0.167. The molecule has 1 aromatic carbocycles. The molecular weight excluding hydrogens is 206 g/mol. The van der Waals surface area contributed by atoms with Crippen LogP contribution in [0.1, 0.15) is 5.56 Å². The Bertz CT molecular complexity index is 613. The number of aryl methyl sites for hydroxylation is 1. The highest BCUT2D eigenvalue weighted by Crippen LogP contribution is 2.12. The van der Waals surface area contributed by atoms with Crippen molar-refractivity contribution in [3.63, 3.8) is 0 Å². The molecule has 0 bridgehead atoms. The molecule has 1 heterocycles. The van der Waals surface area contributed by atoms with Gasteiger partial charge >= 0.3 is 5.97 Å². The fourth-order valence-corrected chi connectivity index (χ4v) is 1.71. The van der Waals surface area contributed by atoms with Crippen LogP contribution < -0.4 is 5.43 Å². The van der Waals surface area contributed by atoms with Crippen molar-refractivity contribution >= 4 is 16.9 Å². The minimum Gasteiger partial charge on any atom is -0.480 e. The molecule has 0 aliphatic carbocycles. The van der Waals surface area contributed by atoms with Gasteiger partial charge in [-0.25, -0.2) is 0 Å². The Morgan fingerprint density at radius 1 is 1.38 bits per heavy atom. The van der Waals surface area contributed by atoms with Crippen molar-refractivity contribution < 1.29 is 9.90 Å². The Hall–Kier alpha value is -2.10. The standard InChI is InChI=1S/C12H11NO3/c1-8-2-3-10-9(6-8)11(14)4-5-13(10)7-12(15)16/h2-6H,7H2,1H3,(H,15,16).